The minimum absolute atomic E-state index is 0.0437. The van der Waals surface area contributed by atoms with Crippen molar-refractivity contribution in [2.45, 2.75) is 26.2 Å². The van der Waals surface area contributed by atoms with Gasteiger partial charge in [-0.25, -0.2) is 0 Å². The Morgan fingerprint density at radius 2 is 2.11 bits per heavy atom. The Balaban J connectivity index is 2.05. The van der Waals surface area contributed by atoms with E-state index >= 15 is 0 Å². The molecule has 106 valence electrons. The molecule has 0 unspecified atom stereocenters. The van der Waals surface area contributed by atoms with E-state index in [1.54, 1.807) is 11.8 Å². The van der Waals surface area contributed by atoms with E-state index in [1.165, 1.54) is 0 Å². The van der Waals surface area contributed by atoms with Gasteiger partial charge in [-0.3, -0.25) is 9.69 Å². The standard InChI is InChI=1S/C10H13F3N4O2/c1-2-19-8(18)6-16-3-4-17-7(5-16)14-15-9(17)10(11,12)13/h2-6H2,1H3. The van der Waals surface area contributed by atoms with Crippen LogP contribution >= 0.6 is 0 Å². The van der Waals surface area contributed by atoms with Crippen LogP contribution in [0.5, 0.6) is 0 Å². The molecule has 19 heavy (non-hydrogen) atoms. The average molecular weight is 278 g/mol. The maximum absolute atomic E-state index is 12.6. The molecule has 9 heteroatoms. The Morgan fingerprint density at radius 1 is 1.37 bits per heavy atom. The average Bonchev–Trinajstić information content (AvgIpc) is 2.71. The number of carbonyl (C=O) groups excluding carboxylic acids is 1. The number of rotatable bonds is 3. The third kappa shape index (κ3) is 3.03. The molecule has 0 saturated carbocycles. The van der Waals surface area contributed by atoms with Gasteiger partial charge in [0.2, 0.25) is 5.82 Å². The largest absolute Gasteiger partial charge is 0.465 e. The van der Waals surface area contributed by atoms with Gasteiger partial charge >= 0.3 is 12.1 Å². The summed E-state index contributed by atoms with van der Waals surface area (Å²) in [7, 11) is 0. The number of halogens is 3. The van der Waals surface area contributed by atoms with Crippen LogP contribution < -0.4 is 0 Å². The molecule has 0 bridgehead atoms. The van der Waals surface area contributed by atoms with Crippen molar-refractivity contribution in [3.8, 4) is 0 Å². The molecule has 2 rings (SSSR count). The second kappa shape index (κ2) is 5.16. The molecule has 0 N–H and O–H groups in total. The van der Waals surface area contributed by atoms with Crippen LogP contribution in [0.4, 0.5) is 13.2 Å². The first-order valence-corrected chi connectivity index (χ1v) is 5.79. The normalized spacial score (nSPS) is 16.2. The van der Waals surface area contributed by atoms with Crippen molar-refractivity contribution in [2.24, 2.45) is 0 Å². The number of esters is 1. The smallest absolute Gasteiger partial charge is 0.451 e. The van der Waals surface area contributed by atoms with Crippen molar-refractivity contribution in [3.63, 3.8) is 0 Å². The molecule has 0 amide bonds. The van der Waals surface area contributed by atoms with E-state index in [0.29, 0.717) is 6.54 Å². The lowest BCUT2D eigenvalue weighted by atomic mass is 10.3. The van der Waals surface area contributed by atoms with Crippen LogP contribution in [0.25, 0.3) is 0 Å². The van der Waals surface area contributed by atoms with Crippen LogP contribution in [-0.2, 0) is 28.8 Å². The Kier molecular flexibility index (Phi) is 3.74. The number of alkyl halides is 3. The number of ether oxygens (including phenoxy) is 1. The van der Waals surface area contributed by atoms with Gasteiger partial charge in [-0.05, 0) is 6.92 Å². The van der Waals surface area contributed by atoms with Gasteiger partial charge < -0.3 is 9.30 Å². The number of aromatic nitrogens is 3. The highest BCUT2D eigenvalue weighted by molar-refractivity contribution is 5.71. The maximum atomic E-state index is 12.6. The van der Waals surface area contributed by atoms with Crippen LogP contribution in [-0.4, -0.2) is 45.3 Å². The lowest BCUT2D eigenvalue weighted by molar-refractivity contribution is -0.149. The predicted molar refractivity (Wildman–Crippen MR) is 56.9 cm³/mol. The van der Waals surface area contributed by atoms with Crippen molar-refractivity contribution in [1.29, 1.82) is 0 Å². The fourth-order valence-electron chi connectivity index (χ4n) is 1.94. The van der Waals surface area contributed by atoms with E-state index in [9.17, 15) is 18.0 Å². The van der Waals surface area contributed by atoms with Crippen molar-refractivity contribution in [3.05, 3.63) is 11.6 Å². The van der Waals surface area contributed by atoms with Crippen molar-refractivity contribution in [1.82, 2.24) is 19.7 Å². The molecule has 2 heterocycles. The minimum Gasteiger partial charge on any atom is -0.465 e. The number of fused-ring (bicyclic) bond motifs is 1. The second-order valence-electron chi connectivity index (χ2n) is 4.10. The van der Waals surface area contributed by atoms with E-state index in [-0.39, 0.29) is 32.1 Å². The summed E-state index contributed by atoms with van der Waals surface area (Å²) in [5.74, 6) is -1.17. The molecular weight excluding hydrogens is 265 g/mol. The molecular formula is C10H13F3N4O2. The lowest BCUT2D eigenvalue weighted by Gasteiger charge is -2.26. The zero-order valence-corrected chi connectivity index (χ0v) is 10.3. The predicted octanol–water partition coefficient (Wildman–Crippen LogP) is 0.676. The third-order valence-electron chi connectivity index (χ3n) is 2.74. The van der Waals surface area contributed by atoms with Gasteiger partial charge in [0.15, 0.2) is 0 Å². The fourth-order valence-corrected chi connectivity index (χ4v) is 1.94. The quantitative estimate of drug-likeness (QED) is 0.761. The van der Waals surface area contributed by atoms with Gasteiger partial charge in [-0.2, -0.15) is 13.2 Å². The number of hydrogen-bond donors (Lipinski definition) is 0. The van der Waals surface area contributed by atoms with Crippen LogP contribution in [0, 0.1) is 0 Å². The van der Waals surface area contributed by atoms with Gasteiger partial charge in [0, 0.05) is 13.1 Å². The highest BCUT2D eigenvalue weighted by Gasteiger charge is 2.39. The Bertz CT molecular complexity index is 472. The van der Waals surface area contributed by atoms with E-state index in [0.717, 1.165) is 4.57 Å². The molecule has 6 nitrogen and oxygen atoms in total. The molecule has 0 aromatic carbocycles. The van der Waals surface area contributed by atoms with Crippen molar-refractivity contribution >= 4 is 5.97 Å². The third-order valence-corrected chi connectivity index (χ3v) is 2.74. The summed E-state index contributed by atoms with van der Waals surface area (Å²) < 4.78 is 43.6. The van der Waals surface area contributed by atoms with Gasteiger partial charge in [0.05, 0.1) is 19.7 Å². The van der Waals surface area contributed by atoms with Crippen molar-refractivity contribution in [2.75, 3.05) is 19.7 Å². The summed E-state index contributed by atoms with van der Waals surface area (Å²) in [5, 5.41) is 6.69. The summed E-state index contributed by atoms with van der Waals surface area (Å²) in [6, 6.07) is 0. The molecule has 0 saturated heterocycles. The molecule has 0 spiro atoms. The van der Waals surface area contributed by atoms with Crippen molar-refractivity contribution < 1.29 is 22.7 Å². The van der Waals surface area contributed by atoms with E-state index in [1.807, 2.05) is 0 Å². The molecule has 0 radical (unpaired) electrons. The first kappa shape index (κ1) is 13.8. The molecule has 0 aliphatic carbocycles. The zero-order chi connectivity index (χ0) is 14.0. The number of carbonyl (C=O) groups is 1. The number of hydrogen-bond acceptors (Lipinski definition) is 5. The highest BCUT2D eigenvalue weighted by atomic mass is 19.4. The Labute approximate surface area is 107 Å². The van der Waals surface area contributed by atoms with Gasteiger partial charge in [0.25, 0.3) is 0 Å². The first-order valence-electron chi connectivity index (χ1n) is 5.79. The van der Waals surface area contributed by atoms with Crippen LogP contribution in [0.2, 0.25) is 0 Å². The van der Waals surface area contributed by atoms with Crippen LogP contribution in [0.3, 0.4) is 0 Å². The Morgan fingerprint density at radius 3 is 2.74 bits per heavy atom. The SMILES string of the molecule is CCOC(=O)CN1CCn2c(nnc2C(F)(F)F)C1. The summed E-state index contributed by atoms with van der Waals surface area (Å²) in [5.41, 5.74) is 0. The summed E-state index contributed by atoms with van der Waals surface area (Å²) >= 11 is 0. The van der Waals surface area contributed by atoms with E-state index in [2.05, 4.69) is 10.2 Å². The molecule has 1 aliphatic heterocycles. The summed E-state index contributed by atoms with van der Waals surface area (Å²) in [6.45, 7) is 2.61. The number of nitrogens with zero attached hydrogens (tertiary/aromatic N) is 4. The minimum atomic E-state index is -4.51. The van der Waals surface area contributed by atoms with E-state index in [4.69, 9.17) is 4.74 Å². The van der Waals surface area contributed by atoms with E-state index < -0.39 is 18.0 Å². The zero-order valence-electron chi connectivity index (χ0n) is 10.3. The van der Waals surface area contributed by atoms with Gasteiger partial charge in [-0.15, -0.1) is 10.2 Å². The van der Waals surface area contributed by atoms with Crippen LogP contribution in [0.15, 0.2) is 0 Å². The lowest BCUT2D eigenvalue weighted by Crippen LogP contribution is -2.38. The van der Waals surface area contributed by atoms with Gasteiger partial charge in [-0.1, -0.05) is 0 Å². The molecule has 0 atom stereocenters. The monoisotopic (exact) mass is 278 g/mol. The molecule has 0 fully saturated rings. The molecule has 1 aromatic heterocycles. The summed E-state index contributed by atoms with van der Waals surface area (Å²) in [4.78, 5) is 13.0. The van der Waals surface area contributed by atoms with Crippen LogP contribution in [0.1, 0.15) is 18.6 Å². The molecule has 1 aliphatic rings. The molecule has 1 aromatic rings. The fraction of sp³-hybridized carbons (Fsp3) is 0.700. The topological polar surface area (TPSA) is 60.2 Å². The Hall–Kier alpha value is -1.64. The second-order valence-corrected chi connectivity index (χ2v) is 4.10. The maximum Gasteiger partial charge on any atom is 0.451 e. The summed E-state index contributed by atoms with van der Waals surface area (Å²) in [6.07, 6.45) is -4.51. The first-order chi connectivity index (χ1) is 8.91. The highest BCUT2D eigenvalue weighted by Crippen LogP contribution is 2.29. The van der Waals surface area contributed by atoms with Gasteiger partial charge in [0.1, 0.15) is 5.82 Å².